The number of hydrogen-bond acceptors (Lipinski definition) is 3. The Labute approximate surface area is 101 Å². The summed E-state index contributed by atoms with van der Waals surface area (Å²) in [6, 6.07) is 5.94. The summed E-state index contributed by atoms with van der Waals surface area (Å²) in [7, 11) is 0. The molecule has 1 aliphatic carbocycles. The molecule has 1 aromatic rings. The molecule has 0 amide bonds. The monoisotopic (exact) mass is 240 g/mol. The molecule has 0 radical (unpaired) electrons. The van der Waals surface area contributed by atoms with Gasteiger partial charge in [0.05, 0.1) is 17.5 Å². The van der Waals surface area contributed by atoms with Gasteiger partial charge in [0.15, 0.2) is 0 Å². The van der Waals surface area contributed by atoms with Crippen LogP contribution >= 0.6 is 11.6 Å². The van der Waals surface area contributed by atoms with Crippen LogP contribution in [0.3, 0.4) is 0 Å². The summed E-state index contributed by atoms with van der Waals surface area (Å²) in [6.07, 6.45) is 2.49. The first-order chi connectivity index (χ1) is 7.69. The summed E-state index contributed by atoms with van der Waals surface area (Å²) < 4.78 is 5.50. The van der Waals surface area contributed by atoms with Crippen molar-refractivity contribution in [2.45, 2.75) is 31.9 Å². The fourth-order valence-corrected chi connectivity index (χ4v) is 2.10. The van der Waals surface area contributed by atoms with Crippen LogP contribution in [0, 0.1) is 0 Å². The van der Waals surface area contributed by atoms with E-state index >= 15 is 0 Å². The van der Waals surface area contributed by atoms with E-state index in [2.05, 4.69) is 5.32 Å². The molecule has 16 heavy (non-hydrogen) atoms. The molecule has 3 N–H and O–H groups in total. The third kappa shape index (κ3) is 2.60. The van der Waals surface area contributed by atoms with E-state index in [9.17, 15) is 0 Å². The Bertz CT molecular complexity index is 364. The van der Waals surface area contributed by atoms with Gasteiger partial charge in [-0.05, 0) is 38.0 Å². The average Bonchev–Trinajstić information content (AvgIpc) is 2.20. The number of nitrogen functional groups attached to an aromatic ring is 1. The van der Waals surface area contributed by atoms with Crippen molar-refractivity contribution in [1.29, 1.82) is 0 Å². The molecule has 1 aromatic carbocycles. The molecule has 0 aromatic heterocycles. The second kappa shape index (κ2) is 4.93. The fourth-order valence-electron chi connectivity index (χ4n) is 1.93. The number of anilines is 2. The minimum atomic E-state index is 0.405. The minimum Gasteiger partial charge on any atom is -0.397 e. The van der Waals surface area contributed by atoms with E-state index in [0.29, 0.717) is 17.2 Å². The number of benzene rings is 1. The third-order valence-corrected chi connectivity index (χ3v) is 3.11. The summed E-state index contributed by atoms with van der Waals surface area (Å²) in [5, 5.41) is 4.09. The zero-order valence-electron chi connectivity index (χ0n) is 9.37. The van der Waals surface area contributed by atoms with Gasteiger partial charge in [0.25, 0.3) is 0 Å². The molecule has 0 atom stereocenters. The topological polar surface area (TPSA) is 47.3 Å². The highest BCUT2D eigenvalue weighted by Crippen LogP contribution is 2.30. The Morgan fingerprint density at radius 3 is 2.94 bits per heavy atom. The van der Waals surface area contributed by atoms with E-state index in [-0.39, 0.29) is 0 Å². The van der Waals surface area contributed by atoms with Crippen LogP contribution < -0.4 is 11.1 Å². The Balaban J connectivity index is 1.89. The lowest BCUT2D eigenvalue weighted by Crippen LogP contribution is -2.40. The number of ether oxygens (including phenoxy) is 1. The number of halogens is 1. The molecule has 1 fully saturated rings. The van der Waals surface area contributed by atoms with Gasteiger partial charge in [0.2, 0.25) is 0 Å². The van der Waals surface area contributed by atoms with Crippen LogP contribution in [0.5, 0.6) is 0 Å². The van der Waals surface area contributed by atoms with Crippen LogP contribution in [0.25, 0.3) is 0 Å². The largest absolute Gasteiger partial charge is 0.397 e. The highest BCUT2D eigenvalue weighted by Gasteiger charge is 2.29. The summed E-state index contributed by atoms with van der Waals surface area (Å²) in [6.45, 7) is 2.81. The predicted molar refractivity (Wildman–Crippen MR) is 67.9 cm³/mol. The van der Waals surface area contributed by atoms with Crippen LogP contribution in [0.4, 0.5) is 11.4 Å². The second-order valence-electron chi connectivity index (χ2n) is 4.12. The Hall–Kier alpha value is -0.930. The van der Waals surface area contributed by atoms with Gasteiger partial charge in [-0.25, -0.2) is 0 Å². The van der Waals surface area contributed by atoms with Crippen molar-refractivity contribution < 1.29 is 4.74 Å². The van der Waals surface area contributed by atoms with Crippen molar-refractivity contribution >= 4 is 23.0 Å². The van der Waals surface area contributed by atoms with Gasteiger partial charge in [0, 0.05) is 17.7 Å². The molecular formula is C12H17ClN2O. The first-order valence-corrected chi connectivity index (χ1v) is 6.00. The molecule has 4 heteroatoms. The number of rotatable bonds is 4. The molecule has 0 heterocycles. The van der Waals surface area contributed by atoms with Crippen molar-refractivity contribution in [3.8, 4) is 0 Å². The van der Waals surface area contributed by atoms with E-state index in [1.54, 1.807) is 6.07 Å². The normalized spacial score (nSPS) is 23.9. The van der Waals surface area contributed by atoms with Gasteiger partial charge >= 0.3 is 0 Å². The third-order valence-electron chi connectivity index (χ3n) is 2.87. The summed E-state index contributed by atoms with van der Waals surface area (Å²) in [5.74, 6) is 0. The van der Waals surface area contributed by atoms with E-state index in [1.807, 2.05) is 19.1 Å². The van der Waals surface area contributed by atoms with Crippen LogP contribution in [0.15, 0.2) is 18.2 Å². The minimum absolute atomic E-state index is 0.405. The molecule has 0 bridgehead atoms. The summed E-state index contributed by atoms with van der Waals surface area (Å²) in [4.78, 5) is 0. The van der Waals surface area contributed by atoms with Crippen LogP contribution in [0.2, 0.25) is 5.02 Å². The van der Waals surface area contributed by atoms with Crippen LogP contribution in [-0.2, 0) is 4.74 Å². The zero-order valence-corrected chi connectivity index (χ0v) is 10.1. The molecule has 1 aliphatic rings. The van der Waals surface area contributed by atoms with Gasteiger partial charge in [-0.3, -0.25) is 0 Å². The van der Waals surface area contributed by atoms with E-state index in [4.69, 9.17) is 22.1 Å². The van der Waals surface area contributed by atoms with Gasteiger partial charge in [-0.15, -0.1) is 0 Å². The lowest BCUT2D eigenvalue weighted by molar-refractivity contribution is 0.00300. The smallest absolute Gasteiger partial charge is 0.0614 e. The molecule has 0 saturated heterocycles. The number of hydrogen-bond donors (Lipinski definition) is 2. The van der Waals surface area contributed by atoms with E-state index in [1.165, 1.54) is 0 Å². The van der Waals surface area contributed by atoms with Crippen molar-refractivity contribution in [3.05, 3.63) is 23.2 Å². The Morgan fingerprint density at radius 2 is 2.25 bits per heavy atom. The van der Waals surface area contributed by atoms with Crippen LogP contribution in [0.1, 0.15) is 19.8 Å². The van der Waals surface area contributed by atoms with Gasteiger partial charge < -0.3 is 15.8 Å². The molecule has 0 aliphatic heterocycles. The highest BCUT2D eigenvalue weighted by molar-refractivity contribution is 6.31. The molecular weight excluding hydrogens is 224 g/mol. The zero-order chi connectivity index (χ0) is 11.5. The lowest BCUT2D eigenvalue weighted by Gasteiger charge is -2.36. The van der Waals surface area contributed by atoms with Crippen molar-refractivity contribution in [1.82, 2.24) is 0 Å². The molecule has 3 nitrogen and oxygen atoms in total. The molecule has 1 saturated carbocycles. The Kier molecular flexibility index (Phi) is 3.56. The maximum Gasteiger partial charge on any atom is 0.0614 e. The maximum absolute atomic E-state index is 5.92. The summed E-state index contributed by atoms with van der Waals surface area (Å²) >= 11 is 5.92. The fraction of sp³-hybridized carbons (Fsp3) is 0.500. The van der Waals surface area contributed by atoms with E-state index in [0.717, 1.165) is 30.8 Å². The maximum atomic E-state index is 5.92. The first kappa shape index (κ1) is 11.6. The van der Waals surface area contributed by atoms with Crippen molar-refractivity contribution in [2.75, 3.05) is 17.7 Å². The first-order valence-electron chi connectivity index (χ1n) is 5.62. The summed E-state index contributed by atoms with van der Waals surface area (Å²) in [5.41, 5.74) is 7.52. The number of nitrogens with one attached hydrogen (secondary N) is 1. The predicted octanol–water partition coefficient (Wildman–Crippen LogP) is 2.90. The Morgan fingerprint density at radius 1 is 1.50 bits per heavy atom. The molecule has 2 rings (SSSR count). The molecule has 0 spiro atoms. The van der Waals surface area contributed by atoms with Crippen LogP contribution in [-0.4, -0.2) is 18.8 Å². The highest BCUT2D eigenvalue weighted by atomic mass is 35.5. The SMILES string of the molecule is CCOC1CC(Nc2cc(Cl)ccc2N)C1. The standard InChI is InChI=1S/C12H17ClN2O/c1-2-16-10-6-9(7-10)15-12-5-8(13)3-4-11(12)14/h3-5,9-10,15H,2,6-7,14H2,1H3. The molecule has 88 valence electrons. The van der Waals surface area contributed by atoms with E-state index < -0.39 is 0 Å². The van der Waals surface area contributed by atoms with Gasteiger partial charge in [0.1, 0.15) is 0 Å². The number of nitrogens with two attached hydrogens (primary N) is 1. The van der Waals surface area contributed by atoms with Gasteiger partial charge in [-0.1, -0.05) is 11.6 Å². The lowest BCUT2D eigenvalue weighted by atomic mass is 9.89. The van der Waals surface area contributed by atoms with Crippen molar-refractivity contribution in [3.63, 3.8) is 0 Å². The van der Waals surface area contributed by atoms with Crippen molar-refractivity contribution in [2.24, 2.45) is 0 Å². The quantitative estimate of drug-likeness (QED) is 0.796. The molecule has 0 unspecified atom stereocenters. The van der Waals surface area contributed by atoms with Gasteiger partial charge in [-0.2, -0.15) is 0 Å². The second-order valence-corrected chi connectivity index (χ2v) is 4.56. The average molecular weight is 241 g/mol.